The van der Waals surface area contributed by atoms with E-state index in [9.17, 15) is 4.79 Å². The number of ether oxygens (including phenoxy) is 2. The molecule has 5 rings (SSSR count). The van der Waals surface area contributed by atoms with Crippen LogP contribution in [0.2, 0.25) is 5.02 Å². The van der Waals surface area contributed by atoms with Crippen molar-refractivity contribution in [2.75, 3.05) is 14.2 Å². The van der Waals surface area contributed by atoms with Crippen molar-refractivity contribution in [3.63, 3.8) is 0 Å². The van der Waals surface area contributed by atoms with Gasteiger partial charge in [0.15, 0.2) is 11.5 Å². The average Bonchev–Trinajstić information content (AvgIpc) is 3.54. The Hall–Kier alpha value is -3.32. The van der Waals surface area contributed by atoms with Crippen LogP contribution in [0.15, 0.2) is 51.9 Å². The first kappa shape index (κ1) is 22.5. The van der Waals surface area contributed by atoms with E-state index in [-0.39, 0.29) is 5.43 Å². The molecule has 2 aromatic carbocycles. The Morgan fingerprint density at radius 1 is 1.09 bits per heavy atom. The highest BCUT2D eigenvalue weighted by molar-refractivity contribution is 6.30. The second kappa shape index (κ2) is 9.50. The molecule has 0 N–H and O–H groups in total. The van der Waals surface area contributed by atoms with Crippen LogP contribution in [0, 0.1) is 5.92 Å². The highest BCUT2D eigenvalue weighted by Gasteiger charge is 2.22. The van der Waals surface area contributed by atoms with Crippen LogP contribution in [0.5, 0.6) is 11.5 Å². The lowest BCUT2D eigenvalue weighted by Gasteiger charge is -2.15. The van der Waals surface area contributed by atoms with Gasteiger partial charge >= 0.3 is 0 Å². The molecule has 1 saturated carbocycles. The fourth-order valence-corrected chi connectivity index (χ4v) is 4.83. The van der Waals surface area contributed by atoms with Crippen LogP contribution in [0.4, 0.5) is 0 Å². The minimum atomic E-state index is -0.184. The van der Waals surface area contributed by atoms with Gasteiger partial charge in [0.1, 0.15) is 0 Å². The Labute approximate surface area is 202 Å². The van der Waals surface area contributed by atoms with Gasteiger partial charge in [-0.3, -0.25) is 4.79 Å². The van der Waals surface area contributed by atoms with Crippen molar-refractivity contribution < 1.29 is 14.0 Å². The predicted octanol–water partition coefficient (Wildman–Crippen LogP) is 5.50. The fourth-order valence-electron chi connectivity index (χ4n) is 4.70. The van der Waals surface area contributed by atoms with E-state index < -0.39 is 0 Å². The number of nitrogens with zero attached hydrogens (tertiary/aromatic N) is 3. The second-order valence-electron chi connectivity index (χ2n) is 8.72. The molecule has 176 valence electrons. The summed E-state index contributed by atoms with van der Waals surface area (Å²) in [5.74, 6) is 2.49. The van der Waals surface area contributed by atoms with Crippen molar-refractivity contribution in [2.45, 2.75) is 38.6 Å². The van der Waals surface area contributed by atoms with Crippen molar-refractivity contribution in [3.8, 4) is 22.9 Å². The lowest BCUT2D eigenvalue weighted by atomic mass is 10.0. The summed E-state index contributed by atoms with van der Waals surface area (Å²) < 4.78 is 18.5. The van der Waals surface area contributed by atoms with E-state index in [1.807, 2.05) is 34.9 Å². The lowest BCUT2D eigenvalue weighted by Crippen LogP contribution is -2.14. The molecule has 0 spiro atoms. The molecule has 1 aliphatic carbocycles. The van der Waals surface area contributed by atoms with Gasteiger partial charge in [-0.2, -0.15) is 4.98 Å². The number of aromatic nitrogens is 3. The molecule has 7 nitrogen and oxygen atoms in total. The first-order chi connectivity index (χ1) is 16.6. The number of benzene rings is 2. The number of pyridine rings is 1. The number of rotatable bonds is 7. The first-order valence-corrected chi connectivity index (χ1v) is 11.8. The molecule has 0 aliphatic heterocycles. The van der Waals surface area contributed by atoms with Gasteiger partial charge in [0.2, 0.25) is 17.1 Å². The number of fused-ring (bicyclic) bond motifs is 1. The minimum Gasteiger partial charge on any atom is -0.493 e. The summed E-state index contributed by atoms with van der Waals surface area (Å²) in [6, 6.07) is 11.1. The smallest absolute Gasteiger partial charge is 0.227 e. The highest BCUT2D eigenvalue weighted by Crippen LogP contribution is 2.33. The molecule has 0 radical (unpaired) electrons. The SMILES string of the molecule is COc1cc2c(=O)c(-c3noc(CC4CCCC4)n3)cn(Cc3ccc(Cl)cc3)c2cc1OC. The Morgan fingerprint density at radius 2 is 1.79 bits per heavy atom. The van der Waals surface area contributed by atoms with Gasteiger partial charge in [-0.25, -0.2) is 0 Å². The van der Waals surface area contributed by atoms with Crippen molar-refractivity contribution in [2.24, 2.45) is 5.92 Å². The summed E-state index contributed by atoms with van der Waals surface area (Å²) in [6.45, 7) is 0.517. The van der Waals surface area contributed by atoms with Gasteiger partial charge in [-0.05, 0) is 42.5 Å². The zero-order chi connectivity index (χ0) is 23.7. The molecule has 2 aromatic heterocycles. The molecule has 8 heteroatoms. The van der Waals surface area contributed by atoms with Gasteiger partial charge in [0.25, 0.3) is 0 Å². The summed E-state index contributed by atoms with van der Waals surface area (Å²) in [4.78, 5) is 18.1. The van der Waals surface area contributed by atoms with Crippen LogP contribution >= 0.6 is 11.6 Å². The molecule has 34 heavy (non-hydrogen) atoms. The van der Waals surface area contributed by atoms with E-state index in [1.165, 1.54) is 25.7 Å². The molecular weight excluding hydrogens is 454 g/mol. The molecule has 0 unspecified atom stereocenters. The topological polar surface area (TPSA) is 79.4 Å². The highest BCUT2D eigenvalue weighted by atomic mass is 35.5. The van der Waals surface area contributed by atoms with E-state index in [0.717, 1.165) is 17.5 Å². The molecule has 2 heterocycles. The van der Waals surface area contributed by atoms with Gasteiger partial charge in [0, 0.05) is 30.3 Å². The Kier molecular flexibility index (Phi) is 6.28. The van der Waals surface area contributed by atoms with Crippen LogP contribution in [-0.2, 0) is 13.0 Å². The first-order valence-electron chi connectivity index (χ1n) is 11.4. The maximum atomic E-state index is 13.6. The van der Waals surface area contributed by atoms with Crippen molar-refractivity contribution in [1.82, 2.24) is 14.7 Å². The van der Waals surface area contributed by atoms with Gasteiger partial charge in [0.05, 0.1) is 30.7 Å². The number of methoxy groups -OCH3 is 2. The van der Waals surface area contributed by atoms with Crippen LogP contribution in [0.3, 0.4) is 0 Å². The molecule has 4 aromatic rings. The largest absolute Gasteiger partial charge is 0.493 e. The fraction of sp³-hybridized carbons (Fsp3) is 0.346. The van der Waals surface area contributed by atoms with E-state index in [1.54, 1.807) is 26.5 Å². The zero-order valence-corrected chi connectivity index (χ0v) is 20.0. The quantitative estimate of drug-likeness (QED) is 0.348. The standard InChI is InChI=1S/C26H26ClN3O4/c1-32-22-12-19-21(13-23(22)33-2)30(14-17-7-9-18(27)10-8-17)15-20(25(19)31)26-28-24(34-29-26)11-16-5-3-4-6-16/h7-10,12-13,15-16H,3-6,11,14H2,1-2H3. The molecule has 0 atom stereocenters. The molecule has 0 saturated heterocycles. The number of hydrogen-bond acceptors (Lipinski definition) is 6. The monoisotopic (exact) mass is 479 g/mol. The zero-order valence-electron chi connectivity index (χ0n) is 19.2. The average molecular weight is 480 g/mol. The number of hydrogen-bond donors (Lipinski definition) is 0. The van der Waals surface area contributed by atoms with E-state index in [0.29, 0.717) is 51.6 Å². The van der Waals surface area contributed by atoms with E-state index in [2.05, 4.69) is 10.1 Å². The third-order valence-electron chi connectivity index (χ3n) is 6.50. The number of halogens is 1. The molecule has 1 fully saturated rings. The van der Waals surface area contributed by atoms with Crippen molar-refractivity contribution in [3.05, 3.63) is 69.3 Å². The van der Waals surface area contributed by atoms with Gasteiger partial charge < -0.3 is 18.6 Å². The summed E-state index contributed by atoms with van der Waals surface area (Å²) in [7, 11) is 3.12. The molecule has 0 bridgehead atoms. The van der Waals surface area contributed by atoms with Crippen LogP contribution in [0.1, 0.15) is 37.1 Å². The lowest BCUT2D eigenvalue weighted by molar-refractivity contribution is 0.353. The van der Waals surface area contributed by atoms with Crippen LogP contribution < -0.4 is 14.9 Å². The van der Waals surface area contributed by atoms with E-state index >= 15 is 0 Å². The Morgan fingerprint density at radius 3 is 2.50 bits per heavy atom. The predicted molar refractivity (Wildman–Crippen MR) is 131 cm³/mol. The Bertz CT molecular complexity index is 1370. The Balaban J connectivity index is 1.62. The molecule has 1 aliphatic rings. The molecular formula is C26H26ClN3O4. The van der Waals surface area contributed by atoms with Gasteiger partial charge in [-0.1, -0.05) is 41.7 Å². The van der Waals surface area contributed by atoms with Crippen molar-refractivity contribution >= 4 is 22.5 Å². The van der Waals surface area contributed by atoms with Gasteiger partial charge in [-0.15, -0.1) is 0 Å². The van der Waals surface area contributed by atoms with Crippen LogP contribution in [-0.4, -0.2) is 28.9 Å². The third kappa shape index (κ3) is 4.40. The van der Waals surface area contributed by atoms with Crippen LogP contribution in [0.25, 0.3) is 22.3 Å². The molecule has 0 amide bonds. The summed E-state index contributed by atoms with van der Waals surface area (Å²) >= 11 is 6.07. The van der Waals surface area contributed by atoms with E-state index in [4.69, 9.17) is 25.6 Å². The summed E-state index contributed by atoms with van der Waals surface area (Å²) in [6.07, 6.45) is 7.40. The summed E-state index contributed by atoms with van der Waals surface area (Å²) in [5.41, 5.74) is 1.95. The normalized spacial score (nSPS) is 14.1. The van der Waals surface area contributed by atoms with Crippen molar-refractivity contribution in [1.29, 1.82) is 0 Å². The maximum absolute atomic E-state index is 13.6. The summed E-state index contributed by atoms with van der Waals surface area (Å²) in [5, 5.41) is 5.32. The maximum Gasteiger partial charge on any atom is 0.227 e. The third-order valence-corrected chi connectivity index (χ3v) is 6.75. The second-order valence-corrected chi connectivity index (χ2v) is 9.15. The minimum absolute atomic E-state index is 0.184.